The number of anilines is 1. The van der Waals surface area contributed by atoms with Crippen molar-refractivity contribution in [3.05, 3.63) is 70.6 Å². The van der Waals surface area contributed by atoms with Crippen molar-refractivity contribution in [2.75, 3.05) is 18.2 Å². The maximum atomic E-state index is 13.7. The molecule has 0 saturated heterocycles. The van der Waals surface area contributed by atoms with Gasteiger partial charge in [-0.15, -0.1) is 0 Å². The van der Waals surface area contributed by atoms with E-state index in [4.69, 9.17) is 4.74 Å². The van der Waals surface area contributed by atoms with E-state index >= 15 is 0 Å². The molecule has 0 aliphatic heterocycles. The predicted octanol–water partition coefficient (Wildman–Crippen LogP) is 3.13. The number of carbonyl (C=O) groups is 1. The van der Waals surface area contributed by atoms with Gasteiger partial charge in [-0.3, -0.25) is 9.59 Å². The number of nitrogens with one attached hydrogen (secondary N) is 2. The number of hydrogen-bond donors (Lipinski definition) is 2. The molecule has 4 rings (SSSR count). The number of hydrogen-bond acceptors (Lipinski definition) is 6. The van der Waals surface area contributed by atoms with E-state index in [-0.39, 0.29) is 22.0 Å². The monoisotopic (exact) mass is 443 g/mol. The fourth-order valence-corrected chi connectivity index (χ4v) is 3.45. The van der Waals surface area contributed by atoms with Crippen molar-refractivity contribution in [2.24, 2.45) is 0 Å². The third kappa shape index (κ3) is 4.40. The molecule has 2 N–H and O–H groups in total. The second-order valence-corrected chi connectivity index (χ2v) is 7.29. The first-order valence-corrected chi connectivity index (χ1v) is 9.93. The lowest BCUT2D eigenvalue weighted by atomic mass is 10.3. The number of halogens is 2. The number of methoxy groups -OCH3 is 1. The SMILES string of the molecule is COc1ccc(-n2ncc3c(=O)[nH]c(SCC(=O)Nc4ccc(F)cc4F)nc32)cc1. The number of thioether (sulfide) groups is 1. The summed E-state index contributed by atoms with van der Waals surface area (Å²) >= 11 is 0.963. The van der Waals surface area contributed by atoms with Gasteiger partial charge >= 0.3 is 0 Å². The van der Waals surface area contributed by atoms with Crippen molar-refractivity contribution >= 4 is 34.4 Å². The van der Waals surface area contributed by atoms with Gasteiger partial charge in [0.25, 0.3) is 5.56 Å². The third-order valence-electron chi connectivity index (χ3n) is 4.28. The lowest BCUT2D eigenvalue weighted by molar-refractivity contribution is -0.113. The quantitative estimate of drug-likeness (QED) is 0.351. The molecule has 2 aromatic heterocycles. The molecule has 0 atom stereocenters. The average Bonchev–Trinajstić information content (AvgIpc) is 3.19. The standard InChI is InChI=1S/C20H15F2N5O3S/c1-30-13-5-3-12(4-6-13)27-18-14(9-23-27)19(29)26-20(25-18)31-10-17(28)24-16-7-2-11(21)8-15(16)22/h2-9H,10H2,1H3,(H,24,28)(H,25,26,29). The molecule has 11 heteroatoms. The van der Waals surface area contributed by atoms with Crippen LogP contribution >= 0.6 is 11.8 Å². The zero-order valence-corrected chi connectivity index (χ0v) is 16.9. The first-order chi connectivity index (χ1) is 14.9. The van der Waals surface area contributed by atoms with Crippen molar-refractivity contribution in [3.8, 4) is 11.4 Å². The summed E-state index contributed by atoms with van der Waals surface area (Å²) in [4.78, 5) is 31.5. The molecule has 31 heavy (non-hydrogen) atoms. The minimum absolute atomic E-state index is 0.138. The van der Waals surface area contributed by atoms with E-state index in [1.165, 1.54) is 10.9 Å². The molecular formula is C20H15F2N5O3S. The Labute approximate surface area is 178 Å². The molecule has 0 spiro atoms. The zero-order valence-electron chi connectivity index (χ0n) is 16.1. The molecule has 0 saturated carbocycles. The summed E-state index contributed by atoms with van der Waals surface area (Å²) in [6.07, 6.45) is 1.41. The summed E-state index contributed by atoms with van der Waals surface area (Å²) in [6.45, 7) is 0. The highest BCUT2D eigenvalue weighted by atomic mass is 32.2. The maximum Gasteiger partial charge on any atom is 0.262 e. The number of fused-ring (bicyclic) bond motifs is 1. The largest absolute Gasteiger partial charge is 0.497 e. The van der Waals surface area contributed by atoms with E-state index in [9.17, 15) is 18.4 Å². The molecular weight excluding hydrogens is 428 g/mol. The van der Waals surface area contributed by atoms with E-state index in [1.54, 1.807) is 31.4 Å². The Morgan fingerprint density at radius 3 is 2.71 bits per heavy atom. The molecule has 0 aliphatic rings. The maximum absolute atomic E-state index is 13.7. The molecule has 0 bridgehead atoms. The molecule has 0 fully saturated rings. The molecule has 1 amide bonds. The minimum Gasteiger partial charge on any atom is -0.497 e. The number of ether oxygens (including phenoxy) is 1. The van der Waals surface area contributed by atoms with Gasteiger partial charge in [0.1, 0.15) is 22.8 Å². The number of aromatic nitrogens is 4. The minimum atomic E-state index is -0.880. The van der Waals surface area contributed by atoms with Gasteiger partial charge in [0.15, 0.2) is 10.8 Å². The van der Waals surface area contributed by atoms with Gasteiger partial charge in [-0.05, 0) is 36.4 Å². The van der Waals surface area contributed by atoms with Crippen LogP contribution in [-0.2, 0) is 4.79 Å². The summed E-state index contributed by atoms with van der Waals surface area (Å²) in [6, 6.07) is 9.90. The van der Waals surface area contributed by atoms with E-state index < -0.39 is 23.1 Å². The number of H-pyrrole nitrogens is 1. The molecule has 4 aromatic rings. The number of amides is 1. The molecule has 2 aromatic carbocycles. The van der Waals surface area contributed by atoms with E-state index in [1.807, 2.05) is 0 Å². The number of carbonyl (C=O) groups excluding carboxylic acids is 1. The summed E-state index contributed by atoms with van der Waals surface area (Å²) in [5.74, 6) is -1.64. The van der Waals surface area contributed by atoms with E-state index in [2.05, 4.69) is 20.4 Å². The summed E-state index contributed by atoms with van der Waals surface area (Å²) in [5.41, 5.74) is 0.453. The van der Waals surface area contributed by atoms with Crippen LogP contribution in [-0.4, -0.2) is 38.5 Å². The first-order valence-electron chi connectivity index (χ1n) is 8.95. The Kier molecular flexibility index (Phi) is 5.67. The fourth-order valence-electron chi connectivity index (χ4n) is 2.79. The normalized spacial score (nSPS) is 10.9. The van der Waals surface area contributed by atoms with Gasteiger partial charge in [0.05, 0.1) is 30.4 Å². The Morgan fingerprint density at radius 2 is 2.00 bits per heavy atom. The van der Waals surface area contributed by atoms with Crippen LogP contribution < -0.4 is 15.6 Å². The third-order valence-corrected chi connectivity index (χ3v) is 5.15. The first kappa shape index (κ1) is 20.5. The lowest BCUT2D eigenvalue weighted by Crippen LogP contribution is -2.16. The van der Waals surface area contributed by atoms with Crippen LogP contribution in [0.4, 0.5) is 14.5 Å². The van der Waals surface area contributed by atoms with E-state index in [0.29, 0.717) is 23.2 Å². The van der Waals surface area contributed by atoms with Crippen LogP contribution in [0.2, 0.25) is 0 Å². The smallest absolute Gasteiger partial charge is 0.262 e. The molecule has 8 nitrogen and oxygen atoms in total. The summed E-state index contributed by atoms with van der Waals surface area (Å²) in [5, 5.41) is 7.06. The highest BCUT2D eigenvalue weighted by molar-refractivity contribution is 7.99. The summed E-state index contributed by atoms with van der Waals surface area (Å²) in [7, 11) is 1.56. The fraction of sp³-hybridized carbons (Fsp3) is 0.100. The Bertz CT molecular complexity index is 1320. The lowest BCUT2D eigenvalue weighted by Gasteiger charge is -2.07. The van der Waals surface area contributed by atoms with Crippen molar-refractivity contribution in [1.29, 1.82) is 0 Å². The number of nitrogens with zero attached hydrogens (tertiary/aromatic N) is 3. The number of aromatic amines is 1. The van der Waals surface area contributed by atoms with Crippen molar-refractivity contribution in [3.63, 3.8) is 0 Å². The molecule has 0 aliphatic carbocycles. The average molecular weight is 443 g/mol. The molecule has 0 radical (unpaired) electrons. The van der Waals surface area contributed by atoms with Gasteiger partial charge in [-0.2, -0.15) is 5.10 Å². The van der Waals surface area contributed by atoms with Crippen LogP contribution in [0.3, 0.4) is 0 Å². The van der Waals surface area contributed by atoms with Crippen molar-refractivity contribution in [2.45, 2.75) is 5.16 Å². The topological polar surface area (TPSA) is 102 Å². The van der Waals surface area contributed by atoms with Gasteiger partial charge in [0, 0.05) is 6.07 Å². The summed E-state index contributed by atoms with van der Waals surface area (Å²) < 4.78 is 33.3. The van der Waals surface area contributed by atoms with Crippen molar-refractivity contribution < 1.29 is 18.3 Å². The second kappa shape index (κ2) is 8.56. The number of rotatable bonds is 6. The Morgan fingerprint density at radius 1 is 1.23 bits per heavy atom. The van der Waals surface area contributed by atoms with Gasteiger partial charge in [0.2, 0.25) is 5.91 Å². The van der Waals surface area contributed by atoms with Crippen LogP contribution in [0, 0.1) is 11.6 Å². The van der Waals surface area contributed by atoms with Gasteiger partial charge in [-0.1, -0.05) is 11.8 Å². The molecule has 2 heterocycles. The zero-order chi connectivity index (χ0) is 22.0. The van der Waals surface area contributed by atoms with Crippen LogP contribution in [0.5, 0.6) is 5.75 Å². The Balaban J connectivity index is 1.54. The molecule has 158 valence electrons. The molecule has 0 unspecified atom stereocenters. The second-order valence-electron chi connectivity index (χ2n) is 6.32. The van der Waals surface area contributed by atoms with Gasteiger partial charge in [-0.25, -0.2) is 18.4 Å². The van der Waals surface area contributed by atoms with E-state index in [0.717, 1.165) is 23.9 Å². The van der Waals surface area contributed by atoms with Crippen LogP contribution in [0.15, 0.2) is 58.6 Å². The predicted molar refractivity (Wildman–Crippen MR) is 112 cm³/mol. The number of benzene rings is 2. The Hall–Kier alpha value is -3.73. The highest BCUT2D eigenvalue weighted by Crippen LogP contribution is 2.20. The van der Waals surface area contributed by atoms with Crippen LogP contribution in [0.1, 0.15) is 0 Å². The van der Waals surface area contributed by atoms with Gasteiger partial charge < -0.3 is 15.0 Å². The van der Waals surface area contributed by atoms with Crippen molar-refractivity contribution in [1.82, 2.24) is 19.7 Å². The van der Waals surface area contributed by atoms with Crippen LogP contribution in [0.25, 0.3) is 16.7 Å². The highest BCUT2D eigenvalue weighted by Gasteiger charge is 2.14.